The van der Waals surface area contributed by atoms with Crippen molar-refractivity contribution in [3.63, 3.8) is 0 Å². The summed E-state index contributed by atoms with van der Waals surface area (Å²) in [6.07, 6.45) is 8.10. The second-order valence-corrected chi connectivity index (χ2v) is 4.35. The molecule has 0 amide bonds. The Labute approximate surface area is 102 Å². The first-order valence-corrected chi connectivity index (χ1v) is 6.40. The van der Waals surface area contributed by atoms with Gasteiger partial charge < -0.3 is 17.7 Å². The van der Waals surface area contributed by atoms with Gasteiger partial charge in [-0.25, -0.2) is 0 Å². The van der Waals surface area contributed by atoms with Crippen LogP contribution in [-0.4, -0.2) is 20.2 Å². The molecule has 0 saturated carbocycles. The molecular weight excluding hydrogens is 228 g/mol. The number of halogens is 3. The molecule has 0 bridgehead atoms. The van der Waals surface area contributed by atoms with Crippen molar-refractivity contribution in [1.82, 2.24) is 0 Å². The van der Waals surface area contributed by atoms with Crippen LogP contribution in [0.1, 0.15) is 51.9 Å². The van der Waals surface area contributed by atoms with E-state index in [1.807, 2.05) is 0 Å². The summed E-state index contributed by atoms with van der Waals surface area (Å²) in [6.45, 7) is -2.65. The highest BCUT2D eigenvalue weighted by atomic mass is 19.4. The first kappa shape index (κ1) is 16.6. The molecule has 0 fully saturated rings. The van der Waals surface area contributed by atoms with Crippen LogP contribution in [0.2, 0.25) is 0 Å². The van der Waals surface area contributed by atoms with Crippen molar-refractivity contribution < 1.29 is 17.7 Å². The van der Waals surface area contributed by atoms with Gasteiger partial charge in [-0.15, -0.1) is 12.1 Å². The maximum atomic E-state index is 11.9. The van der Waals surface area contributed by atoms with Gasteiger partial charge >= 0.3 is 6.98 Å². The lowest BCUT2D eigenvalue weighted by molar-refractivity contribution is 0.0952. The van der Waals surface area contributed by atoms with Crippen LogP contribution in [0.3, 0.4) is 0 Å². The molecule has 0 rings (SSSR count). The summed E-state index contributed by atoms with van der Waals surface area (Å²) in [5, 5.41) is 0. The zero-order valence-corrected chi connectivity index (χ0v) is 10.8. The fraction of sp³-hybridized carbons (Fsp3) is 0.833. The Hall–Kier alpha value is -0.445. The molecule has 0 spiro atoms. The van der Waals surface area contributed by atoms with Crippen LogP contribution in [0.25, 0.3) is 0 Å². The van der Waals surface area contributed by atoms with Gasteiger partial charge in [0.2, 0.25) is 0 Å². The van der Waals surface area contributed by atoms with Crippen molar-refractivity contribution >= 4 is 6.98 Å². The van der Waals surface area contributed by atoms with E-state index in [0.29, 0.717) is 12.4 Å². The van der Waals surface area contributed by atoms with Crippen LogP contribution >= 0.6 is 0 Å². The quantitative estimate of drug-likeness (QED) is 0.404. The maximum Gasteiger partial charge on any atom is 0.502 e. The first-order chi connectivity index (χ1) is 7.99. The van der Waals surface area contributed by atoms with Crippen molar-refractivity contribution in [2.75, 3.05) is 7.11 Å². The molecule has 1 atom stereocenters. The SMILES string of the molecule is CCCCCCC[C@@H](C/C=C/[B-](F)(F)F)OC. The molecule has 0 aliphatic carbocycles. The summed E-state index contributed by atoms with van der Waals surface area (Å²) in [4.78, 5) is 0. The normalized spacial score (nSPS) is 14.4. The summed E-state index contributed by atoms with van der Waals surface area (Å²) in [5.74, 6) is 0.350. The molecule has 17 heavy (non-hydrogen) atoms. The second-order valence-electron chi connectivity index (χ2n) is 4.35. The van der Waals surface area contributed by atoms with Crippen molar-refractivity contribution in [2.45, 2.75) is 58.0 Å². The van der Waals surface area contributed by atoms with E-state index < -0.39 is 6.98 Å². The summed E-state index contributed by atoms with van der Waals surface area (Å²) < 4.78 is 41.0. The van der Waals surface area contributed by atoms with Gasteiger partial charge in [0.15, 0.2) is 0 Å². The van der Waals surface area contributed by atoms with Crippen molar-refractivity contribution in [2.24, 2.45) is 0 Å². The van der Waals surface area contributed by atoms with Crippen LogP contribution in [0, 0.1) is 0 Å². The molecule has 5 heteroatoms. The number of rotatable bonds is 10. The minimum absolute atomic E-state index is 0.0778. The van der Waals surface area contributed by atoms with Crippen LogP contribution in [-0.2, 0) is 4.74 Å². The van der Waals surface area contributed by atoms with E-state index in [0.717, 1.165) is 19.3 Å². The molecule has 0 saturated heterocycles. The van der Waals surface area contributed by atoms with E-state index in [-0.39, 0.29) is 6.10 Å². The Balaban J connectivity index is 3.66. The molecule has 0 unspecified atom stereocenters. The zero-order chi connectivity index (χ0) is 13.1. The maximum absolute atomic E-state index is 11.9. The van der Waals surface area contributed by atoms with E-state index >= 15 is 0 Å². The number of methoxy groups -OCH3 is 1. The molecule has 0 aromatic heterocycles. The first-order valence-electron chi connectivity index (χ1n) is 6.40. The Morgan fingerprint density at radius 2 is 1.76 bits per heavy atom. The fourth-order valence-electron chi connectivity index (χ4n) is 1.69. The molecule has 0 aliphatic rings. The van der Waals surface area contributed by atoms with Crippen molar-refractivity contribution in [1.29, 1.82) is 0 Å². The monoisotopic (exact) mass is 251 g/mol. The molecule has 0 aromatic rings. The van der Waals surface area contributed by atoms with E-state index in [2.05, 4.69) is 6.92 Å². The average molecular weight is 251 g/mol. The minimum atomic E-state index is -4.80. The third-order valence-electron chi connectivity index (χ3n) is 2.72. The topological polar surface area (TPSA) is 9.23 Å². The predicted octanol–water partition coefficient (Wildman–Crippen LogP) is 4.69. The number of hydrogen-bond donors (Lipinski definition) is 0. The van der Waals surface area contributed by atoms with E-state index in [1.54, 1.807) is 7.11 Å². The molecule has 0 radical (unpaired) electrons. The second kappa shape index (κ2) is 9.57. The van der Waals surface area contributed by atoms with Crippen molar-refractivity contribution in [3.05, 3.63) is 12.1 Å². The Kier molecular flexibility index (Phi) is 9.32. The number of hydrogen-bond acceptors (Lipinski definition) is 1. The van der Waals surface area contributed by atoms with Crippen LogP contribution in [0.15, 0.2) is 12.1 Å². The van der Waals surface area contributed by atoms with Gasteiger partial charge in [-0.2, -0.15) is 0 Å². The number of unbranched alkanes of at least 4 members (excludes halogenated alkanes) is 4. The summed E-state index contributed by atoms with van der Waals surface area (Å²) >= 11 is 0. The third kappa shape index (κ3) is 11.8. The van der Waals surface area contributed by atoms with Crippen LogP contribution in [0.4, 0.5) is 12.9 Å². The van der Waals surface area contributed by atoms with E-state index in [1.165, 1.54) is 25.3 Å². The minimum Gasteiger partial charge on any atom is -0.445 e. The summed E-state index contributed by atoms with van der Waals surface area (Å²) in [6, 6.07) is 0. The highest BCUT2D eigenvalue weighted by molar-refractivity contribution is 6.64. The Morgan fingerprint density at radius 3 is 2.29 bits per heavy atom. The van der Waals surface area contributed by atoms with Gasteiger partial charge in [-0.3, -0.25) is 0 Å². The van der Waals surface area contributed by atoms with E-state index in [4.69, 9.17) is 4.74 Å². The van der Waals surface area contributed by atoms with Gasteiger partial charge in [-0.1, -0.05) is 39.0 Å². The molecule has 0 aromatic carbocycles. The molecular formula is C12H23BF3O-. The highest BCUT2D eigenvalue weighted by Gasteiger charge is 2.17. The van der Waals surface area contributed by atoms with Gasteiger partial charge in [-0.05, 0) is 12.8 Å². The summed E-state index contributed by atoms with van der Waals surface area (Å²) in [5.41, 5.74) is 0. The average Bonchev–Trinajstić information content (AvgIpc) is 2.25. The molecule has 0 aliphatic heterocycles. The lowest BCUT2D eigenvalue weighted by Gasteiger charge is -2.14. The fourth-order valence-corrected chi connectivity index (χ4v) is 1.69. The zero-order valence-electron chi connectivity index (χ0n) is 10.8. The van der Waals surface area contributed by atoms with Crippen molar-refractivity contribution in [3.8, 4) is 0 Å². The lowest BCUT2D eigenvalue weighted by Crippen LogP contribution is -2.12. The van der Waals surface area contributed by atoms with Gasteiger partial charge in [0.05, 0.1) is 6.10 Å². The van der Waals surface area contributed by atoms with E-state index in [9.17, 15) is 12.9 Å². The Morgan fingerprint density at radius 1 is 1.12 bits per heavy atom. The highest BCUT2D eigenvalue weighted by Crippen LogP contribution is 2.14. The largest absolute Gasteiger partial charge is 0.502 e. The summed E-state index contributed by atoms with van der Waals surface area (Å²) in [7, 11) is 1.56. The predicted molar refractivity (Wildman–Crippen MR) is 67.0 cm³/mol. The van der Waals surface area contributed by atoms with Crippen LogP contribution < -0.4 is 0 Å². The third-order valence-corrected chi connectivity index (χ3v) is 2.72. The smallest absolute Gasteiger partial charge is 0.445 e. The van der Waals surface area contributed by atoms with Gasteiger partial charge in [0.25, 0.3) is 0 Å². The standard InChI is InChI=1S/C12H23BF3O/c1-3-4-5-6-7-9-12(17-2)10-8-11-13(14,15)16/h8,11-12H,3-7,9-10H2,1-2H3/q-1/b11-8+/t12-/m0/s1. The molecule has 0 N–H and O–H groups in total. The Bertz CT molecular complexity index is 204. The molecule has 1 nitrogen and oxygen atoms in total. The van der Waals surface area contributed by atoms with Crippen LogP contribution in [0.5, 0.6) is 0 Å². The van der Waals surface area contributed by atoms with Gasteiger partial charge in [0.1, 0.15) is 0 Å². The van der Waals surface area contributed by atoms with Gasteiger partial charge in [0, 0.05) is 7.11 Å². The lowest BCUT2D eigenvalue weighted by atomic mass is 9.90. The molecule has 102 valence electrons. The number of ether oxygens (including phenoxy) is 1. The molecule has 0 heterocycles.